The SMILES string of the molecule is CCCCCCCCCCCCCCCCCCCCCCCCC=CC1=C(c2ccc(C)cc2)[N+](=[N-])C(c2ccc(C)cc2)=C1CCCCCC.[CH2-]C.[CH2-]C.[Pd+2]. The molecule has 3 rings (SSSR count). The third-order valence-electron chi connectivity index (χ3n) is 11.2. The largest absolute Gasteiger partial charge is 2.00 e. The Labute approximate surface area is 369 Å². The summed E-state index contributed by atoms with van der Waals surface area (Å²) in [5.41, 5.74) is 20.8. The number of unbranched alkanes of at least 4 members (excludes halogenated alkanes) is 25. The monoisotopic (exact) mass is 871 g/mol. The Balaban J connectivity index is 0.00000607. The van der Waals surface area contributed by atoms with Crippen LogP contribution in [-0.4, -0.2) is 4.70 Å². The molecule has 0 aliphatic carbocycles. The first-order chi connectivity index (χ1) is 27.6. The van der Waals surface area contributed by atoms with Gasteiger partial charge in [-0.1, -0.05) is 215 Å². The average Bonchev–Trinajstić information content (AvgIpc) is 3.50. The van der Waals surface area contributed by atoms with Crippen molar-refractivity contribution in [3.63, 3.8) is 0 Å². The Morgan fingerprint density at radius 2 is 0.772 bits per heavy atom. The van der Waals surface area contributed by atoms with E-state index in [1.54, 1.807) is 13.8 Å². The molecule has 3 heteroatoms. The quantitative estimate of drug-likeness (QED) is 0.0312. The standard InChI is InChI=1S/C50H78N2.2C2H5.Pd/c1-5-7-9-11-12-13-14-15-16-17-18-19-20-21-22-23-24-25-26-27-28-29-30-32-34-48-47(33-31-10-8-6-2)49(45-39-35-43(3)36-40-45)52(51)50(48)46-41-37-44(4)38-42-46;2*1-2;/h32,34-42H,5-31,33H2,1-4H3;2*1H2,2H3;/q;2*-1;+2. The fourth-order valence-electron chi connectivity index (χ4n) is 7.85. The minimum absolute atomic E-state index is 0. The van der Waals surface area contributed by atoms with Crippen molar-refractivity contribution in [2.24, 2.45) is 0 Å². The van der Waals surface area contributed by atoms with E-state index < -0.39 is 0 Å². The van der Waals surface area contributed by atoms with Crippen molar-refractivity contribution in [3.05, 3.63) is 113 Å². The van der Waals surface area contributed by atoms with Crippen molar-refractivity contribution < 1.29 is 25.1 Å². The number of allylic oxidation sites excluding steroid dienone is 4. The van der Waals surface area contributed by atoms with Crippen LogP contribution in [0.3, 0.4) is 0 Å². The van der Waals surface area contributed by atoms with Gasteiger partial charge in [-0.15, -0.1) is 0 Å². The fourth-order valence-corrected chi connectivity index (χ4v) is 7.85. The van der Waals surface area contributed by atoms with E-state index in [-0.39, 0.29) is 20.4 Å². The minimum Gasteiger partial charge on any atom is -0.493 e. The van der Waals surface area contributed by atoms with Gasteiger partial charge in [0, 0.05) is 16.7 Å². The van der Waals surface area contributed by atoms with Gasteiger partial charge in [-0.2, -0.15) is 13.8 Å². The van der Waals surface area contributed by atoms with Crippen molar-refractivity contribution in [1.29, 1.82) is 0 Å². The third kappa shape index (κ3) is 23.9. The van der Waals surface area contributed by atoms with Gasteiger partial charge in [0.25, 0.3) is 0 Å². The first kappa shape index (κ1) is 54.9. The molecule has 324 valence electrons. The molecule has 0 saturated heterocycles. The van der Waals surface area contributed by atoms with Gasteiger partial charge < -0.3 is 19.4 Å². The van der Waals surface area contributed by atoms with Gasteiger partial charge >= 0.3 is 20.4 Å². The van der Waals surface area contributed by atoms with Crippen molar-refractivity contribution in [2.45, 2.75) is 221 Å². The van der Waals surface area contributed by atoms with Crippen LogP contribution in [0.5, 0.6) is 0 Å². The zero-order valence-corrected chi connectivity index (χ0v) is 39.8. The maximum absolute atomic E-state index is 11.8. The van der Waals surface area contributed by atoms with Crippen LogP contribution in [-0.2, 0) is 20.4 Å². The molecular formula is C54H88N2Pd. The van der Waals surface area contributed by atoms with Crippen molar-refractivity contribution in [1.82, 2.24) is 0 Å². The number of nitrogens with zero attached hydrogens (tertiary/aromatic N) is 2. The van der Waals surface area contributed by atoms with Gasteiger partial charge in [0.15, 0.2) is 0 Å². The van der Waals surface area contributed by atoms with Gasteiger partial charge in [-0.3, -0.25) is 0 Å². The normalized spacial score (nSPS) is 12.5. The van der Waals surface area contributed by atoms with Crippen LogP contribution in [0.1, 0.15) is 230 Å². The number of benzene rings is 2. The third-order valence-corrected chi connectivity index (χ3v) is 11.2. The van der Waals surface area contributed by atoms with E-state index in [2.05, 4.69) is 102 Å². The molecule has 0 N–H and O–H groups in total. The summed E-state index contributed by atoms with van der Waals surface area (Å²) >= 11 is 0. The Morgan fingerprint density at radius 1 is 0.456 bits per heavy atom. The molecule has 1 aliphatic heterocycles. The van der Waals surface area contributed by atoms with Crippen LogP contribution < -0.4 is 0 Å². The van der Waals surface area contributed by atoms with E-state index in [1.807, 2.05) is 0 Å². The summed E-state index contributed by atoms with van der Waals surface area (Å²) in [5.74, 6) is 0. The first-order valence-corrected chi connectivity index (χ1v) is 23.8. The zero-order chi connectivity index (χ0) is 41.1. The number of hydrogen-bond acceptors (Lipinski definition) is 0. The summed E-state index contributed by atoms with van der Waals surface area (Å²) in [6, 6.07) is 17.3. The summed E-state index contributed by atoms with van der Waals surface area (Å²) < 4.78 is 1.49. The van der Waals surface area contributed by atoms with E-state index in [9.17, 15) is 5.53 Å². The van der Waals surface area contributed by atoms with E-state index >= 15 is 0 Å². The summed E-state index contributed by atoms with van der Waals surface area (Å²) in [6.07, 6.45) is 42.9. The molecule has 0 saturated carbocycles. The second kappa shape index (κ2) is 38.1. The first-order valence-electron chi connectivity index (χ1n) is 23.8. The summed E-state index contributed by atoms with van der Waals surface area (Å²) in [4.78, 5) is 0. The Morgan fingerprint density at radius 3 is 1.14 bits per heavy atom. The second-order valence-corrected chi connectivity index (χ2v) is 16.1. The second-order valence-electron chi connectivity index (χ2n) is 16.1. The van der Waals surface area contributed by atoms with Gasteiger partial charge in [0.1, 0.15) is 0 Å². The molecule has 0 bridgehead atoms. The molecule has 2 aromatic rings. The fraction of sp³-hybridized carbons (Fsp3) is 0.630. The van der Waals surface area contributed by atoms with Gasteiger partial charge in [0.05, 0.1) is 5.57 Å². The molecule has 1 heterocycles. The smallest absolute Gasteiger partial charge is 0.493 e. The molecule has 0 atom stereocenters. The molecule has 0 fully saturated rings. The van der Waals surface area contributed by atoms with Crippen LogP contribution in [0.4, 0.5) is 0 Å². The molecule has 1 aliphatic rings. The summed E-state index contributed by atoms with van der Waals surface area (Å²) in [5, 5.41) is 0. The van der Waals surface area contributed by atoms with Crippen LogP contribution in [0.2, 0.25) is 0 Å². The molecule has 0 aromatic heterocycles. The van der Waals surface area contributed by atoms with Crippen LogP contribution >= 0.6 is 0 Å². The molecule has 2 nitrogen and oxygen atoms in total. The van der Waals surface area contributed by atoms with Crippen LogP contribution in [0, 0.1) is 27.7 Å². The van der Waals surface area contributed by atoms with Gasteiger partial charge in [0.2, 0.25) is 11.4 Å². The summed E-state index contributed by atoms with van der Waals surface area (Å²) in [6.45, 7) is 18.8. The van der Waals surface area contributed by atoms with Gasteiger partial charge in [-0.05, 0) is 63.8 Å². The summed E-state index contributed by atoms with van der Waals surface area (Å²) in [7, 11) is 0. The molecule has 0 amide bonds. The number of aryl methyl sites for hydroxylation is 2. The van der Waals surface area contributed by atoms with E-state index in [1.165, 1.54) is 187 Å². The predicted molar refractivity (Wildman–Crippen MR) is 252 cm³/mol. The maximum atomic E-state index is 11.8. The van der Waals surface area contributed by atoms with Crippen LogP contribution in [0.25, 0.3) is 16.9 Å². The van der Waals surface area contributed by atoms with Crippen molar-refractivity contribution >= 4 is 11.4 Å². The van der Waals surface area contributed by atoms with E-state index in [4.69, 9.17) is 0 Å². The van der Waals surface area contributed by atoms with Gasteiger partial charge in [-0.25, -0.2) is 4.70 Å². The molecule has 0 unspecified atom stereocenters. The minimum atomic E-state index is 0. The molecule has 57 heavy (non-hydrogen) atoms. The van der Waals surface area contributed by atoms with E-state index in [0.29, 0.717) is 0 Å². The topological polar surface area (TPSA) is 25.3 Å². The maximum Gasteiger partial charge on any atom is 2.00 e. The predicted octanol–water partition coefficient (Wildman–Crippen LogP) is 18.7. The number of hydrogen-bond donors (Lipinski definition) is 0. The van der Waals surface area contributed by atoms with E-state index in [0.717, 1.165) is 41.8 Å². The molecule has 0 radical (unpaired) electrons. The zero-order valence-electron chi connectivity index (χ0n) is 38.2. The Hall–Kier alpha value is -2.08. The van der Waals surface area contributed by atoms with Crippen molar-refractivity contribution in [3.8, 4) is 0 Å². The number of rotatable bonds is 31. The Kier molecular flexibility index (Phi) is 36.8. The molecular weight excluding hydrogens is 783 g/mol. The van der Waals surface area contributed by atoms with Crippen molar-refractivity contribution in [2.75, 3.05) is 0 Å². The molecule has 2 aromatic carbocycles. The molecule has 0 spiro atoms. The average molecular weight is 872 g/mol. The Bertz CT molecular complexity index is 1330. The van der Waals surface area contributed by atoms with Crippen LogP contribution in [0.15, 0.2) is 71.8 Å².